The van der Waals surface area contributed by atoms with E-state index in [0.717, 1.165) is 15.7 Å². The molecule has 0 bridgehead atoms. The third kappa shape index (κ3) is 4.69. The fourth-order valence-electron chi connectivity index (χ4n) is 2.19. The first-order valence-electron chi connectivity index (χ1n) is 7.48. The van der Waals surface area contributed by atoms with E-state index in [1.165, 1.54) is 25.3 Å². The molecule has 0 spiro atoms. The van der Waals surface area contributed by atoms with Gasteiger partial charge in [0.2, 0.25) is 5.91 Å². The van der Waals surface area contributed by atoms with Gasteiger partial charge in [-0.2, -0.15) is 0 Å². The van der Waals surface area contributed by atoms with Crippen LogP contribution in [0.1, 0.15) is 12.5 Å². The molecule has 1 atom stereocenters. The number of amides is 1. The highest BCUT2D eigenvalue weighted by Crippen LogP contribution is 2.29. The molecule has 0 heterocycles. The maximum absolute atomic E-state index is 12.4. The summed E-state index contributed by atoms with van der Waals surface area (Å²) in [6, 6.07) is 9.22. The van der Waals surface area contributed by atoms with E-state index in [0.29, 0.717) is 5.69 Å². The fraction of sp³-hybridized carbons (Fsp3) is 0.235. The lowest BCUT2D eigenvalue weighted by molar-refractivity contribution is -0.384. The number of nitro groups is 1. The Labute approximate surface area is 153 Å². The van der Waals surface area contributed by atoms with Gasteiger partial charge < -0.3 is 15.4 Å². The van der Waals surface area contributed by atoms with Gasteiger partial charge in [-0.1, -0.05) is 15.9 Å². The summed E-state index contributed by atoms with van der Waals surface area (Å²) >= 11 is 3.43. The molecule has 8 heteroatoms. The highest BCUT2D eigenvalue weighted by atomic mass is 79.9. The second-order valence-electron chi connectivity index (χ2n) is 5.46. The van der Waals surface area contributed by atoms with Crippen LogP contribution < -0.4 is 15.4 Å². The first-order valence-corrected chi connectivity index (χ1v) is 8.27. The van der Waals surface area contributed by atoms with Gasteiger partial charge in [0.25, 0.3) is 5.69 Å². The second-order valence-corrected chi connectivity index (χ2v) is 6.32. The van der Waals surface area contributed by atoms with Gasteiger partial charge in [0.05, 0.1) is 23.8 Å². The summed E-state index contributed by atoms with van der Waals surface area (Å²) in [5, 5.41) is 16.6. The summed E-state index contributed by atoms with van der Waals surface area (Å²) in [5.74, 6) is -0.0537. The van der Waals surface area contributed by atoms with Gasteiger partial charge in [-0.05, 0) is 43.7 Å². The number of anilines is 2. The number of halogens is 1. The van der Waals surface area contributed by atoms with Crippen LogP contribution in [0.3, 0.4) is 0 Å². The van der Waals surface area contributed by atoms with Crippen LogP contribution >= 0.6 is 15.9 Å². The molecule has 2 aromatic rings. The lowest BCUT2D eigenvalue weighted by Gasteiger charge is -2.17. The van der Waals surface area contributed by atoms with Crippen molar-refractivity contribution >= 4 is 38.9 Å². The number of methoxy groups -OCH3 is 1. The third-order valence-corrected chi connectivity index (χ3v) is 4.48. The Morgan fingerprint density at radius 2 is 2.00 bits per heavy atom. The Hall–Kier alpha value is -2.61. The molecule has 0 saturated carbocycles. The maximum Gasteiger partial charge on any atom is 0.273 e. The quantitative estimate of drug-likeness (QED) is 0.554. The first-order chi connectivity index (χ1) is 11.8. The molecule has 0 aliphatic heterocycles. The molecular formula is C17H18BrN3O4. The number of hydrogen-bond donors (Lipinski definition) is 2. The topological polar surface area (TPSA) is 93.5 Å². The zero-order valence-electron chi connectivity index (χ0n) is 14.0. The van der Waals surface area contributed by atoms with Crippen LogP contribution in [-0.2, 0) is 4.79 Å². The smallest absolute Gasteiger partial charge is 0.273 e. The van der Waals surface area contributed by atoms with Gasteiger partial charge in [0.1, 0.15) is 11.8 Å². The van der Waals surface area contributed by atoms with Gasteiger partial charge in [-0.15, -0.1) is 0 Å². The minimum atomic E-state index is -0.520. The van der Waals surface area contributed by atoms with Crippen LogP contribution in [-0.4, -0.2) is 24.0 Å². The molecule has 0 aliphatic rings. The van der Waals surface area contributed by atoms with Crippen LogP contribution in [0.5, 0.6) is 5.75 Å². The van der Waals surface area contributed by atoms with E-state index in [9.17, 15) is 14.9 Å². The number of carbonyl (C=O) groups is 1. The summed E-state index contributed by atoms with van der Waals surface area (Å²) in [4.78, 5) is 22.7. The minimum absolute atomic E-state index is 0.105. The molecule has 0 aromatic heterocycles. The minimum Gasteiger partial charge on any atom is -0.494 e. The van der Waals surface area contributed by atoms with Crippen molar-refractivity contribution in [3.63, 3.8) is 0 Å². The largest absolute Gasteiger partial charge is 0.494 e. The molecule has 25 heavy (non-hydrogen) atoms. The van der Waals surface area contributed by atoms with E-state index >= 15 is 0 Å². The van der Waals surface area contributed by atoms with Crippen molar-refractivity contribution < 1.29 is 14.5 Å². The number of carbonyl (C=O) groups excluding carboxylic acids is 1. The van der Waals surface area contributed by atoms with Crippen LogP contribution in [0, 0.1) is 17.0 Å². The molecule has 0 fully saturated rings. The van der Waals surface area contributed by atoms with Crippen LogP contribution in [0.2, 0.25) is 0 Å². The molecule has 0 unspecified atom stereocenters. The van der Waals surface area contributed by atoms with Gasteiger partial charge in [-0.3, -0.25) is 14.9 Å². The van der Waals surface area contributed by atoms with E-state index in [-0.39, 0.29) is 17.3 Å². The SMILES string of the molecule is COc1cc([N+](=O)[O-])ccc1NC(=O)[C@H](C)Nc1ccc(Br)c(C)c1. The van der Waals surface area contributed by atoms with Gasteiger partial charge in [0.15, 0.2) is 0 Å². The standard InChI is InChI=1S/C17H18BrN3O4/c1-10-8-12(4-6-14(10)18)19-11(2)17(22)20-15-7-5-13(21(23)24)9-16(15)25-3/h4-9,11,19H,1-3H3,(H,20,22)/t11-/m0/s1. The predicted octanol–water partition coefficient (Wildman–Crippen LogP) is 4.11. The molecular weight excluding hydrogens is 390 g/mol. The van der Waals surface area contributed by atoms with E-state index in [1.807, 2.05) is 25.1 Å². The summed E-state index contributed by atoms with van der Waals surface area (Å²) in [6.07, 6.45) is 0. The summed E-state index contributed by atoms with van der Waals surface area (Å²) in [7, 11) is 1.39. The van der Waals surface area contributed by atoms with Crippen molar-refractivity contribution in [2.24, 2.45) is 0 Å². The Bertz CT molecular complexity index is 810. The molecule has 1 amide bonds. The molecule has 0 saturated heterocycles. The number of non-ortho nitro benzene ring substituents is 1. The van der Waals surface area contributed by atoms with Crippen molar-refractivity contribution in [1.29, 1.82) is 0 Å². The van der Waals surface area contributed by atoms with E-state index in [1.54, 1.807) is 6.92 Å². The second kappa shape index (κ2) is 7.98. The zero-order valence-corrected chi connectivity index (χ0v) is 15.6. The lowest BCUT2D eigenvalue weighted by Crippen LogP contribution is -2.32. The fourth-order valence-corrected chi connectivity index (χ4v) is 2.43. The molecule has 7 nitrogen and oxygen atoms in total. The van der Waals surface area contributed by atoms with Gasteiger partial charge >= 0.3 is 0 Å². The first kappa shape index (κ1) is 18.7. The summed E-state index contributed by atoms with van der Waals surface area (Å²) < 4.78 is 6.11. The van der Waals surface area contributed by atoms with E-state index < -0.39 is 11.0 Å². The maximum atomic E-state index is 12.4. The highest BCUT2D eigenvalue weighted by molar-refractivity contribution is 9.10. The monoisotopic (exact) mass is 407 g/mol. The van der Waals surface area contributed by atoms with Crippen LogP contribution in [0.15, 0.2) is 40.9 Å². The Morgan fingerprint density at radius 1 is 1.28 bits per heavy atom. The lowest BCUT2D eigenvalue weighted by atomic mass is 10.2. The van der Waals surface area contributed by atoms with Crippen molar-refractivity contribution in [3.8, 4) is 5.75 Å². The Balaban J connectivity index is 2.10. The summed E-state index contributed by atoms with van der Waals surface area (Å²) in [6.45, 7) is 3.69. The van der Waals surface area contributed by atoms with Crippen LogP contribution in [0.4, 0.5) is 17.1 Å². The molecule has 2 rings (SSSR count). The molecule has 0 radical (unpaired) electrons. The highest BCUT2D eigenvalue weighted by Gasteiger charge is 2.17. The number of hydrogen-bond acceptors (Lipinski definition) is 5. The predicted molar refractivity (Wildman–Crippen MR) is 100 cm³/mol. The number of aryl methyl sites for hydroxylation is 1. The molecule has 2 N–H and O–H groups in total. The van der Waals surface area contributed by atoms with Crippen molar-refractivity contribution in [1.82, 2.24) is 0 Å². The number of nitro benzene ring substituents is 1. The number of benzene rings is 2. The number of nitrogens with zero attached hydrogens (tertiary/aromatic N) is 1. The number of rotatable bonds is 6. The van der Waals surface area contributed by atoms with E-state index in [4.69, 9.17) is 4.74 Å². The van der Waals surface area contributed by atoms with Crippen molar-refractivity contribution in [2.75, 3.05) is 17.7 Å². The number of nitrogens with one attached hydrogen (secondary N) is 2. The normalized spacial score (nSPS) is 11.5. The van der Waals surface area contributed by atoms with Gasteiger partial charge in [-0.25, -0.2) is 0 Å². The van der Waals surface area contributed by atoms with Crippen LogP contribution in [0.25, 0.3) is 0 Å². The molecule has 2 aromatic carbocycles. The van der Waals surface area contributed by atoms with Crippen molar-refractivity contribution in [2.45, 2.75) is 19.9 Å². The Kier molecular flexibility index (Phi) is 5.97. The molecule has 132 valence electrons. The van der Waals surface area contributed by atoms with Crippen molar-refractivity contribution in [3.05, 3.63) is 56.5 Å². The average molecular weight is 408 g/mol. The Morgan fingerprint density at radius 3 is 2.60 bits per heavy atom. The van der Waals surface area contributed by atoms with Gasteiger partial charge in [0, 0.05) is 16.2 Å². The zero-order chi connectivity index (χ0) is 18.6. The number of ether oxygens (including phenoxy) is 1. The average Bonchev–Trinajstić information content (AvgIpc) is 2.58. The molecule has 0 aliphatic carbocycles. The summed E-state index contributed by atoms with van der Waals surface area (Å²) in [5.41, 5.74) is 2.14. The third-order valence-electron chi connectivity index (χ3n) is 3.59. The van der Waals surface area contributed by atoms with E-state index in [2.05, 4.69) is 26.6 Å².